The summed E-state index contributed by atoms with van der Waals surface area (Å²) < 4.78 is 44.1. The summed E-state index contributed by atoms with van der Waals surface area (Å²) in [6.07, 6.45) is 1.13. The molecule has 0 aromatic heterocycles. The average molecular weight is 424 g/mol. The highest BCUT2D eigenvalue weighted by Crippen LogP contribution is 2.26. The molecule has 0 unspecified atom stereocenters. The number of hydrogen-bond donors (Lipinski definition) is 1. The summed E-state index contributed by atoms with van der Waals surface area (Å²) in [4.78, 5) is 13.7. The first-order chi connectivity index (χ1) is 13.6. The highest BCUT2D eigenvalue weighted by molar-refractivity contribution is 7.88. The predicted molar refractivity (Wildman–Crippen MR) is 112 cm³/mol. The van der Waals surface area contributed by atoms with E-state index in [0.717, 1.165) is 17.5 Å². The number of methoxy groups -OCH3 is 1. The van der Waals surface area contributed by atoms with Crippen LogP contribution in [0.5, 0.6) is 0 Å². The molecule has 0 aliphatic heterocycles. The lowest BCUT2D eigenvalue weighted by Gasteiger charge is -2.24. The van der Waals surface area contributed by atoms with Crippen LogP contribution in [0.3, 0.4) is 0 Å². The van der Waals surface area contributed by atoms with Crippen LogP contribution in [-0.4, -0.2) is 52.7 Å². The third-order valence-electron chi connectivity index (χ3n) is 4.21. The van der Waals surface area contributed by atoms with Crippen LogP contribution in [0.25, 0.3) is 0 Å². The third kappa shape index (κ3) is 6.81. The Balaban J connectivity index is 2.34. The molecule has 0 heterocycles. The SMILES string of the molecule is COCC(=O)Nc1ccc(N(C)C)c(CN(Cc2ccc(F)cc2)S(C)(=O)=O)c1. The molecule has 9 heteroatoms. The van der Waals surface area contributed by atoms with Gasteiger partial charge in [-0.2, -0.15) is 4.31 Å². The van der Waals surface area contributed by atoms with E-state index < -0.39 is 10.0 Å². The first-order valence-corrected chi connectivity index (χ1v) is 10.7. The Labute approximate surface area is 171 Å². The standard InChI is InChI=1S/C20H26FN3O4S/c1-23(2)19-10-9-18(22-20(25)14-28-3)11-16(19)13-24(29(4,26)27)12-15-5-7-17(21)8-6-15/h5-11H,12-14H2,1-4H3,(H,22,25). The van der Waals surface area contributed by atoms with Crippen LogP contribution < -0.4 is 10.2 Å². The summed E-state index contributed by atoms with van der Waals surface area (Å²) in [6.45, 7) is 0.120. The molecule has 1 N–H and O–H groups in total. The summed E-state index contributed by atoms with van der Waals surface area (Å²) in [5, 5.41) is 2.73. The Kier molecular flexibility index (Phi) is 7.72. The fraction of sp³-hybridized carbons (Fsp3) is 0.350. The normalized spacial score (nSPS) is 11.5. The first-order valence-electron chi connectivity index (χ1n) is 8.88. The second-order valence-electron chi connectivity index (χ2n) is 6.88. The third-order valence-corrected chi connectivity index (χ3v) is 5.40. The van der Waals surface area contributed by atoms with Gasteiger partial charge < -0.3 is 15.0 Å². The van der Waals surface area contributed by atoms with Gasteiger partial charge in [-0.15, -0.1) is 0 Å². The Bertz CT molecular complexity index is 947. The lowest BCUT2D eigenvalue weighted by atomic mass is 10.1. The zero-order valence-electron chi connectivity index (χ0n) is 17.0. The number of sulfonamides is 1. The number of nitrogens with zero attached hydrogens (tertiary/aromatic N) is 2. The van der Waals surface area contributed by atoms with E-state index in [1.54, 1.807) is 24.3 Å². The predicted octanol–water partition coefficient (Wildman–Crippen LogP) is 2.44. The van der Waals surface area contributed by atoms with Crippen LogP contribution in [0.15, 0.2) is 42.5 Å². The van der Waals surface area contributed by atoms with Gasteiger partial charge in [-0.1, -0.05) is 12.1 Å². The fourth-order valence-electron chi connectivity index (χ4n) is 2.83. The lowest BCUT2D eigenvalue weighted by Crippen LogP contribution is -2.30. The molecule has 29 heavy (non-hydrogen) atoms. The van der Waals surface area contributed by atoms with Gasteiger partial charge in [-0.25, -0.2) is 12.8 Å². The molecule has 2 rings (SSSR count). The number of benzene rings is 2. The van der Waals surface area contributed by atoms with Crippen molar-refractivity contribution < 1.29 is 22.3 Å². The number of anilines is 2. The molecule has 0 fully saturated rings. The number of hydrogen-bond acceptors (Lipinski definition) is 5. The topological polar surface area (TPSA) is 79.0 Å². The van der Waals surface area contributed by atoms with Gasteiger partial charge in [0.25, 0.3) is 0 Å². The molecule has 0 saturated heterocycles. The monoisotopic (exact) mass is 423 g/mol. The summed E-state index contributed by atoms with van der Waals surface area (Å²) in [5.74, 6) is -0.684. The number of nitrogens with one attached hydrogen (secondary N) is 1. The van der Waals surface area contributed by atoms with Crippen LogP contribution in [0, 0.1) is 5.82 Å². The first kappa shape index (κ1) is 22.8. The molecule has 0 spiro atoms. The van der Waals surface area contributed by atoms with E-state index >= 15 is 0 Å². The van der Waals surface area contributed by atoms with E-state index in [1.165, 1.54) is 23.5 Å². The van der Waals surface area contributed by atoms with E-state index in [4.69, 9.17) is 4.74 Å². The zero-order chi connectivity index (χ0) is 21.6. The van der Waals surface area contributed by atoms with E-state index in [1.807, 2.05) is 25.1 Å². The minimum Gasteiger partial charge on any atom is -0.377 e. The quantitative estimate of drug-likeness (QED) is 0.670. The van der Waals surface area contributed by atoms with Crippen LogP contribution in [0.2, 0.25) is 0 Å². The number of rotatable bonds is 9. The highest BCUT2D eigenvalue weighted by Gasteiger charge is 2.20. The molecule has 0 radical (unpaired) electrons. The Morgan fingerprint density at radius 1 is 1.10 bits per heavy atom. The minimum absolute atomic E-state index is 0.0786. The Hall–Kier alpha value is -2.49. The second-order valence-corrected chi connectivity index (χ2v) is 8.86. The maximum absolute atomic E-state index is 13.2. The minimum atomic E-state index is -3.54. The zero-order valence-corrected chi connectivity index (χ0v) is 17.8. The maximum atomic E-state index is 13.2. The number of halogens is 1. The molecule has 0 aliphatic carbocycles. The Morgan fingerprint density at radius 3 is 2.31 bits per heavy atom. The molecule has 0 aliphatic rings. The van der Waals surface area contributed by atoms with Crippen molar-refractivity contribution in [2.75, 3.05) is 44.3 Å². The van der Waals surface area contributed by atoms with E-state index in [-0.39, 0.29) is 31.4 Å². The maximum Gasteiger partial charge on any atom is 0.250 e. The lowest BCUT2D eigenvalue weighted by molar-refractivity contribution is -0.119. The smallest absolute Gasteiger partial charge is 0.250 e. The molecule has 7 nitrogen and oxygen atoms in total. The van der Waals surface area contributed by atoms with E-state index in [9.17, 15) is 17.6 Å². The van der Waals surface area contributed by atoms with Gasteiger partial charge in [0.2, 0.25) is 15.9 Å². The van der Waals surface area contributed by atoms with Gasteiger partial charge >= 0.3 is 0 Å². The number of ether oxygens (including phenoxy) is 1. The molecular weight excluding hydrogens is 397 g/mol. The van der Waals surface area contributed by atoms with Crippen LogP contribution in [0.1, 0.15) is 11.1 Å². The highest BCUT2D eigenvalue weighted by atomic mass is 32.2. The van der Waals surface area contributed by atoms with Gasteiger partial charge in [0.1, 0.15) is 12.4 Å². The Morgan fingerprint density at radius 2 is 1.76 bits per heavy atom. The van der Waals surface area contributed by atoms with Gasteiger partial charge in [0, 0.05) is 45.7 Å². The summed E-state index contributed by atoms with van der Waals surface area (Å²) in [5.41, 5.74) is 2.76. The molecule has 0 saturated carbocycles. The van der Waals surface area contributed by atoms with Crippen molar-refractivity contribution in [1.29, 1.82) is 0 Å². The molecule has 2 aromatic carbocycles. The van der Waals surface area contributed by atoms with Gasteiger partial charge in [-0.05, 0) is 41.5 Å². The average Bonchev–Trinajstić information content (AvgIpc) is 2.62. The molecular formula is C20H26FN3O4S. The van der Waals surface area contributed by atoms with E-state index in [0.29, 0.717) is 11.3 Å². The van der Waals surface area contributed by atoms with Crippen LogP contribution in [0.4, 0.5) is 15.8 Å². The number of carbonyl (C=O) groups is 1. The van der Waals surface area contributed by atoms with Crippen molar-refractivity contribution in [3.63, 3.8) is 0 Å². The fourth-order valence-corrected chi connectivity index (χ4v) is 3.59. The largest absolute Gasteiger partial charge is 0.377 e. The number of amides is 1. The van der Waals surface area contributed by atoms with Crippen molar-refractivity contribution in [3.8, 4) is 0 Å². The molecule has 0 bridgehead atoms. The van der Waals surface area contributed by atoms with Gasteiger partial charge in [0.05, 0.1) is 6.26 Å². The summed E-state index contributed by atoms with van der Waals surface area (Å²) >= 11 is 0. The van der Waals surface area contributed by atoms with Crippen molar-refractivity contribution in [2.45, 2.75) is 13.1 Å². The van der Waals surface area contributed by atoms with Gasteiger partial charge in [0.15, 0.2) is 0 Å². The summed E-state index contributed by atoms with van der Waals surface area (Å²) in [6, 6.07) is 11.0. The van der Waals surface area contributed by atoms with Gasteiger partial charge in [-0.3, -0.25) is 4.79 Å². The molecule has 0 atom stereocenters. The molecule has 1 amide bonds. The van der Waals surface area contributed by atoms with Crippen molar-refractivity contribution in [1.82, 2.24) is 4.31 Å². The van der Waals surface area contributed by atoms with Crippen molar-refractivity contribution >= 4 is 27.3 Å². The van der Waals surface area contributed by atoms with E-state index in [2.05, 4.69) is 5.32 Å². The van der Waals surface area contributed by atoms with Crippen molar-refractivity contribution in [2.24, 2.45) is 0 Å². The summed E-state index contributed by atoms with van der Waals surface area (Å²) in [7, 11) is 1.59. The second kappa shape index (κ2) is 9.82. The van der Waals surface area contributed by atoms with Crippen LogP contribution in [-0.2, 0) is 32.6 Å². The molecule has 158 valence electrons. The molecule has 2 aromatic rings. The number of carbonyl (C=O) groups excluding carboxylic acids is 1. The van der Waals surface area contributed by atoms with Crippen LogP contribution >= 0.6 is 0 Å². The van der Waals surface area contributed by atoms with Crippen molar-refractivity contribution in [3.05, 3.63) is 59.4 Å².